The van der Waals surface area contributed by atoms with Crippen LogP contribution in [0.5, 0.6) is 11.5 Å². The second-order valence-electron chi connectivity index (χ2n) is 3.29. The number of aromatic nitrogens is 1. The molecule has 0 aliphatic rings. The fourth-order valence-electron chi connectivity index (χ4n) is 1.31. The Labute approximate surface area is 116 Å². The van der Waals surface area contributed by atoms with Gasteiger partial charge in [-0.1, -0.05) is 17.7 Å². The van der Waals surface area contributed by atoms with Crippen molar-refractivity contribution in [2.24, 2.45) is 0 Å². The summed E-state index contributed by atoms with van der Waals surface area (Å²) < 4.78 is 5.93. The van der Waals surface area contributed by atoms with Crippen molar-refractivity contribution in [3.63, 3.8) is 0 Å². The van der Waals surface area contributed by atoms with Crippen LogP contribution >= 0.6 is 27.5 Å². The highest BCUT2D eigenvalue weighted by molar-refractivity contribution is 9.10. The van der Waals surface area contributed by atoms with Gasteiger partial charge >= 0.3 is 5.69 Å². The quantitative estimate of drug-likeness (QED) is 0.625. The molecule has 0 radical (unpaired) electrons. The molecular formula is C11H6BrClN2O3. The molecule has 0 bridgehead atoms. The largest absolute Gasteiger partial charge is 0.447 e. The number of nitro groups is 1. The third-order valence-corrected chi connectivity index (χ3v) is 2.87. The summed E-state index contributed by atoms with van der Waals surface area (Å²) in [6.07, 6.45) is 2.87. The number of pyridine rings is 1. The van der Waals surface area contributed by atoms with Crippen molar-refractivity contribution in [2.75, 3.05) is 0 Å². The lowest BCUT2D eigenvalue weighted by molar-refractivity contribution is -0.385. The molecule has 92 valence electrons. The van der Waals surface area contributed by atoms with Crippen LogP contribution in [0, 0.1) is 10.1 Å². The van der Waals surface area contributed by atoms with Crippen molar-refractivity contribution >= 4 is 33.2 Å². The number of nitro benzene ring substituents is 1. The first-order chi connectivity index (χ1) is 8.58. The van der Waals surface area contributed by atoms with E-state index in [4.69, 9.17) is 16.3 Å². The summed E-state index contributed by atoms with van der Waals surface area (Å²) in [5.74, 6) is 0.448. The van der Waals surface area contributed by atoms with Gasteiger partial charge in [0, 0.05) is 18.3 Å². The normalized spacial score (nSPS) is 10.1. The van der Waals surface area contributed by atoms with E-state index >= 15 is 0 Å². The molecule has 0 saturated carbocycles. The maximum Gasteiger partial charge on any atom is 0.312 e. The van der Waals surface area contributed by atoms with Crippen LogP contribution in [0.15, 0.2) is 41.1 Å². The van der Waals surface area contributed by atoms with E-state index in [1.54, 1.807) is 12.1 Å². The van der Waals surface area contributed by atoms with Gasteiger partial charge in [0.05, 0.1) is 20.6 Å². The topological polar surface area (TPSA) is 65.3 Å². The van der Waals surface area contributed by atoms with Crippen LogP contribution in [0.3, 0.4) is 0 Å². The first-order valence-electron chi connectivity index (χ1n) is 4.79. The van der Waals surface area contributed by atoms with E-state index in [-0.39, 0.29) is 11.4 Å². The molecule has 1 aromatic heterocycles. The Balaban J connectivity index is 2.42. The van der Waals surface area contributed by atoms with Gasteiger partial charge in [-0.05, 0) is 22.0 Å². The van der Waals surface area contributed by atoms with Gasteiger partial charge in [0.15, 0.2) is 0 Å². The molecule has 7 heteroatoms. The highest BCUT2D eigenvalue weighted by Gasteiger charge is 2.18. The number of hydrogen-bond acceptors (Lipinski definition) is 4. The number of nitrogens with zero attached hydrogens (tertiary/aromatic N) is 2. The maximum atomic E-state index is 10.9. The smallest absolute Gasteiger partial charge is 0.312 e. The summed E-state index contributed by atoms with van der Waals surface area (Å²) in [5, 5.41) is 11.3. The van der Waals surface area contributed by atoms with Crippen LogP contribution in [0.4, 0.5) is 5.69 Å². The summed E-state index contributed by atoms with van der Waals surface area (Å²) in [7, 11) is 0. The molecule has 2 rings (SSSR count). The van der Waals surface area contributed by atoms with Gasteiger partial charge in [0.25, 0.3) is 0 Å². The molecule has 2 aromatic rings. The molecule has 0 N–H and O–H groups in total. The Hall–Kier alpha value is -1.66. The lowest BCUT2D eigenvalue weighted by atomic mass is 10.3. The van der Waals surface area contributed by atoms with Gasteiger partial charge in [0.2, 0.25) is 5.75 Å². The van der Waals surface area contributed by atoms with Crippen LogP contribution in [-0.2, 0) is 0 Å². The summed E-state index contributed by atoms with van der Waals surface area (Å²) >= 11 is 8.97. The van der Waals surface area contributed by atoms with Crippen LogP contribution in [0.1, 0.15) is 0 Å². The minimum atomic E-state index is -0.516. The lowest BCUT2D eigenvalue weighted by Crippen LogP contribution is -1.94. The Morgan fingerprint density at radius 2 is 2.17 bits per heavy atom. The SMILES string of the molecule is O=[N+]([O-])c1cccc(Br)c1Oc1cncc(Cl)c1. The van der Waals surface area contributed by atoms with Crippen LogP contribution in [-0.4, -0.2) is 9.91 Å². The van der Waals surface area contributed by atoms with Crippen molar-refractivity contribution in [3.8, 4) is 11.5 Å². The van der Waals surface area contributed by atoms with Gasteiger partial charge in [0.1, 0.15) is 5.75 Å². The van der Waals surface area contributed by atoms with E-state index < -0.39 is 4.92 Å². The van der Waals surface area contributed by atoms with Gasteiger partial charge in [-0.15, -0.1) is 0 Å². The molecule has 0 aliphatic heterocycles. The second kappa shape index (κ2) is 5.32. The Morgan fingerprint density at radius 1 is 1.39 bits per heavy atom. The zero-order valence-corrected chi connectivity index (χ0v) is 11.2. The minimum Gasteiger partial charge on any atom is -0.447 e. The zero-order valence-electron chi connectivity index (χ0n) is 8.84. The van der Waals surface area contributed by atoms with Crippen LogP contribution in [0.25, 0.3) is 0 Å². The number of rotatable bonds is 3. The van der Waals surface area contributed by atoms with E-state index in [9.17, 15) is 10.1 Å². The summed E-state index contributed by atoms with van der Waals surface area (Å²) in [6.45, 7) is 0. The molecular weight excluding hydrogens is 323 g/mol. The number of hydrogen-bond donors (Lipinski definition) is 0. The van der Waals surface area contributed by atoms with Gasteiger partial charge in [-0.2, -0.15) is 0 Å². The summed E-state index contributed by atoms with van der Waals surface area (Å²) in [6, 6.07) is 6.10. The number of ether oxygens (including phenoxy) is 1. The fourth-order valence-corrected chi connectivity index (χ4v) is 1.91. The average molecular weight is 330 g/mol. The third kappa shape index (κ3) is 2.77. The monoisotopic (exact) mass is 328 g/mol. The third-order valence-electron chi connectivity index (χ3n) is 2.04. The number of halogens is 2. The molecule has 0 amide bonds. The Kier molecular flexibility index (Phi) is 3.78. The predicted molar refractivity (Wildman–Crippen MR) is 70.1 cm³/mol. The van der Waals surface area contributed by atoms with Crippen molar-refractivity contribution in [1.82, 2.24) is 4.98 Å². The van der Waals surface area contributed by atoms with Crippen molar-refractivity contribution in [2.45, 2.75) is 0 Å². The molecule has 0 unspecified atom stereocenters. The Morgan fingerprint density at radius 3 is 2.83 bits per heavy atom. The van der Waals surface area contributed by atoms with E-state index in [0.717, 1.165) is 0 Å². The maximum absolute atomic E-state index is 10.9. The predicted octanol–water partition coefficient (Wildman–Crippen LogP) is 4.20. The summed E-state index contributed by atoms with van der Waals surface area (Å²) in [5.41, 5.74) is -0.135. The Bertz CT molecular complexity index is 607. The van der Waals surface area contributed by atoms with Gasteiger partial charge in [-0.25, -0.2) is 0 Å². The minimum absolute atomic E-state index is 0.117. The van der Waals surface area contributed by atoms with Gasteiger partial charge in [-0.3, -0.25) is 15.1 Å². The van der Waals surface area contributed by atoms with Crippen LogP contribution < -0.4 is 4.74 Å². The van der Waals surface area contributed by atoms with E-state index in [1.165, 1.54) is 24.5 Å². The molecule has 1 aromatic carbocycles. The molecule has 0 spiro atoms. The molecule has 1 heterocycles. The average Bonchev–Trinajstić information content (AvgIpc) is 2.31. The van der Waals surface area contributed by atoms with E-state index in [1.807, 2.05) is 0 Å². The zero-order chi connectivity index (χ0) is 13.1. The van der Waals surface area contributed by atoms with E-state index in [0.29, 0.717) is 15.2 Å². The molecule has 0 atom stereocenters. The number of benzene rings is 1. The first-order valence-corrected chi connectivity index (χ1v) is 5.96. The molecule has 0 saturated heterocycles. The van der Waals surface area contributed by atoms with Crippen molar-refractivity contribution in [3.05, 3.63) is 56.3 Å². The first kappa shape index (κ1) is 12.8. The highest BCUT2D eigenvalue weighted by atomic mass is 79.9. The molecule has 18 heavy (non-hydrogen) atoms. The van der Waals surface area contributed by atoms with Crippen molar-refractivity contribution in [1.29, 1.82) is 0 Å². The lowest BCUT2D eigenvalue weighted by Gasteiger charge is -2.07. The van der Waals surface area contributed by atoms with Crippen molar-refractivity contribution < 1.29 is 9.66 Å². The summed E-state index contributed by atoms with van der Waals surface area (Å²) in [4.78, 5) is 14.2. The molecule has 5 nitrogen and oxygen atoms in total. The van der Waals surface area contributed by atoms with Gasteiger partial charge < -0.3 is 4.74 Å². The number of para-hydroxylation sites is 1. The highest BCUT2D eigenvalue weighted by Crippen LogP contribution is 2.38. The second-order valence-corrected chi connectivity index (χ2v) is 4.58. The standard InChI is InChI=1S/C11H6BrClN2O3/c12-9-2-1-3-10(15(16)17)11(9)18-8-4-7(13)5-14-6-8/h1-6H. The van der Waals surface area contributed by atoms with E-state index in [2.05, 4.69) is 20.9 Å². The molecule has 0 fully saturated rings. The fraction of sp³-hybridized carbons (Fsp3) is 0. The molecule has 0 aliphatic carbocycles. The van der Waals surface area contributed by atoms with Crippen LogP contribution in [0.2, 0.25) is 5.02 Å².